The first-order valence-corrected chi connectivity index (χ1v) is 8.64. The Kier molecular flexibility index (Phi) is 4.64. The van der Waals surface area contributed by atoms with E-state index in [1.807, 2.05) is 19.9 Å². The molecule has 2 N–H and O–H groups in total. The van der Waals surface area contributed by atoms with Gasteiger partial charge in [-0.2, -0.15) is 0 Å². The van der Waals surface area contributed by atoms with Crippen molar-refractivity contribution < 1.29 is 14.3 Å². The van der Waals surface area contributed by atoms with Crippen LogP contribution in [0.2, 0.25) is 4.34 Å². The minimum atomic E-state index is 0.895. The van der Waals surface area contributed by atoms with Crippen molar-refractivity contribution in [1.82, 2.24) is 5.16 Å². The number of aryl methyl sites for hydroxylation is 2. The van der Waals surface area contributed by atoms with Gasteiger partial charge in [0.1, 0.15) is 45.0 Å². The average Bonchev–Trinajstić information content (AvgIpc) is 3.01. The van der Waals surface area contributed by atoms with Crippen molar-refractivity contribution in [2.75, 3.05) is 26.2 Å². The molecule has 21 heavy (non-hydrogen) atoms. The van der Waals surface area contributed by atoms with Gasteiger partial charge in [0, 0.05) is 0 Å². The Morgan fingerprint density at radius 2 is 1.81 bits per heavy atom. The van der Waals surface area contributed by atoms with Gasteiger partial charge in [0.25, 0.3) is 0 Å². The minimum absolute atomic E-state index is 0.895. The normalized spacial score (nSPS) is 22.6. The third-order valence-electron chi connectivity index (χ3n) is 4.33. The highest BCUT2D eigenvalue weighted by Gasteiger charge is 2.25. The number of aromatic nitrogens is 1. The molecule has 1 saturated heterocycles. The lowest BCUT2D eigenvalue weighted by Gasteiger charge is -2.29. The summed E-state index contributed by atoms with van der Waals surface area (Å²) in [4.78, 5) is 4.69. The zero-order chi connectivity index (χ0) is 14.8. The van der Waals surface area contributed by atoms with Crippen LogP contribution in [0.25, 0.3) is 0 Å². The highest BCUT2D eigenvalue weighted by Crippen LogP contribution is 2.20. The summed E-state index contributed by atoms with van der Waals surface area (Å²) in [6, 6.07) is 4.16. The van der Waals surface area contributed by atoms with Gasteiger partial charge in [0.15, 0.2) is 0 Å². The molecule has 0 saturated carbocycles. The van der Waals surface area contributed by atoms with Crippen molar-refractivity contribution in [3.05, 3.63) is 38.4 Å². The summed E-state index contributed by atoms with van der Waals surface area (Å²) >= 11 is 7.71. The van der Waals surface area contributed by atoms with Crippen molar-refractivity contribution in [3.8, 4) is 0 Å². The molecule has 1 aliphatic rings. The molecule has 1 aliphatic heterocycles. The van der Waals surface area contributed by atoms with Gasteiger partial charge in [-0.25, -0.2) is 0 Å². The smallest absolute Gasteiger partial charge is 0.142 e. The van der Waals surface area contributed by atoms with E-state index in [1.165, 1.54) is 36.6 Å². The van der Waals surface area contributed by atoms with Crippen molar-refractivity contribution >= 4 is 22.9 Å². The van der Waals surface area contributed by atoms with Gasteiger partial charge in [-0.3, -0.25) is 0 Å². The number of nitrogens with one attached hydrogen (secondary N) is 2. The van der Waals surface area contributed by atoms with E-state index < -0.39 is 0 Å². The molecule has 0 aliphatic carbocycles. The van der Waals surface area contributed by atoms with Crippen molar-refractivity contribution in [3.63, 3.8) is 0 Å². The van der Waals surface area contributed by atoms with Crippen LogP contribution in [0.1, 0.15) is 21.9 Å². The second-order valence-corrected chi connectivity index (χ2v) is 7.66. The van der Waals surface area contributed by atoms with E-state index in [2.05, 4.69) is 11.2 Å². The van der Waals surface area contributed by atoms with Crippen molar-refractivity contribution in [2.24, 2.45) is 0 Å². The molecule has 2 aromatic rings. The third-order valence-corrected chi connectivity index (χ3v) is 5.56. The van der Waals surface area contributed by atoms with Crippen LogP contribution in [0.4, 0.5) is 0 Å². The summed E-state index contributed by atoms with van der Waals surface area (Å²) in [5.74, 6) is 0.975. The second kappa shape index (κ2) is 6.48. The zero-order valence-electron chi connectivity index (χ0n) is 12.5. The van der Waals surface area contributed by atoms with Gasteiger partial charge in [-0.15, -0.1) is 11.3 Å². The number of hydrogen-bond donors (Lipinski definition) is 2. The summed E-state index contributed by atoms with van der Waals surface area (Å²) in [6.07, 6.45) is 0. The van der Waals surface area contributed by atoms with E-state index in [1.54, 1.807) is 21.1 Å². The molecule has 1 fully saturated rings. The molecule has 0 radical (unpaired) electrons. The quantitative estimate of drug-likeness (QED) is 0.857. The Morgan fingerprint density at radius 1 is 1.14 bits per heavy atom. The van der Waals surface area contributed by atoms with E-state index in [-0.39, 0.29) is 0 Å². The lowest BCUT2D eigenvalue weighted by Crippen LogP contribution is -3.27. The number of hydrogen-bond acceptors (Lipinski definition) is 3. The van der Waals surface area contributed by atoms with E-state index >= 15 is 0 Å². The third kappa shape index (κ3) is 3.66. The van der Waals surface area contributed by atoms with E-state index in [0.29, 0.717) is 0 Å². The molecular formula is C15H22ClN3OS+2. The topological polar surface area (TPSA) is 34.9 Å². The predicted octanol–water partition coefficient (Wildman–Crippen LogP) is 0.490. The molecule has 0 amide bonds. The molecule has 3 heterocycles. The van der Waals surface area contributed by atoms with Gasteiger partial charge >= 0.3 is 0 Å². The fourth-order valence-corrected chi connectivity index (χ4v) is 4.17. The molecule has 2 aromatic heterocycles. The van der Waals surface area contributed by atoms with Crippen molar-refractivity contribution in [2.45, 2.75) is 26.9 Å². The lowest BCUT2D eigenvalue weighted by molar-refractivity contribution is -1.02. The number of piperazine rings is 1. The Labute approximate surface area is 134 Å². The maximum absolute atomic E-state index is 6.00. The van der Waals surface area contributed by atoms with E-state index in [0.717, 1.165) is 28.9 Å². The van der Waals surface area contributed by atoms with Crippen LogP contribution in [0.15, 0.2) is 16.7 Å². The van der Waals surface area contributed by atoms with Gasteiger partial charge in [0.2, 0.25) is 0 Å². The summed E-state index contributed by atoms with van der Waals surface area (Å²) in [7, 11) is 0. The standard InChI is InChI=1S/C15H20ClN3OS/c1-11-14(12(2)20-17-11)10-19-7-5-18(6-8-19)9-13-3-4-15(16)21-13/h3-4H,5-10H2,1-2H3/p+2. The molecular weight excluding hydrogens is 306 g/mol. The highest BCUT2D eigenvalue weighted by molar-refractivity contribution is 7.16. The number of rotatable bonds is 4. The number of nitrogens with zero attached hydrogens (tertiary/aromatic N) is 1. The summed E-state index contributed by atoms with van der Waals surface area (Å²) in [6.45, 7) is 11.0. The van der Waals surface area contributed by atoms with Gasteiger partial charge in [0.05, 0.1) is 20.5 Å². The van der Waals surface area contributed by atoms with Gasteiger partial charge in [-0.05, 0) is 26.0 Å². The van der Waals surface area contributed by atoms with Crippen molar-refractivity contribution in [1.29, 1.82) is 0 Å². The second-order valence-electron chi connectivity index (χ2n) is 5.86. The lowest BCUT2D eigenvalue weighted by atomic mass is 10.2. The molecule has 0 bridgehead atoms. The van der Waals surface area contributed by atoms with Crippen LogP contribution in [0.3, 0.4) is 0 Å². The highest BCUT2D eigenvalue weighted by atomic mass is 35.5. The van der Waals surface area contributed by atoms with Crippen LogP contribution < -0.4 is 9.80 Å². The Bertz CT molecular complexity index is 582. The molecule has 0 unspecified atom stereocenters. The van der Waals surface area contributed by atoms with E-state index in [9.17, 15) is 0 Å². The molecule has 4 nitrogen and oxygen atoms in total. The Morgan fingerprint density at radius 3 is 2.33 bits per heavy atom. The maximum atomic E-state index is 6.00. The summed E-state index contributed by atoms with van der Waals surface area (Å²) in [5, 5.41) is 4.05. The first-order valence-electron chi connectivity index (χ1n) is 7.45. The van der Waals surface area contributed by atoms with E-state index in [4.69, 9.17) is 16.1 Å². The number of quaternary nitrogens is 2. The van der Waals surface area contributed by atoms with Gasteiger partial charge in [-0.1, -0.05) is 16.8 Å². The summed E-state index contributed by atoms with van der Waals surface area (Å²) in [5.41, 5.74) is 2.33. The van der Waals surface area contributed by atoms with Crippen LogP contribution in [0.5, 0.6) is 0 Å². The fraction of sp³-hybridized carbons (Fsp3) is 0.533. The fourth-order valence-electron chi connectivity index (χ4n) is 3.01. The monoisotopic (exact) mass is 327 g/mol. The molecule has 0 atom stereocenters. The number of thiophene rings is 1. The Balaban J connectivity index is 1.51. The van der Waals surface area contributed by atoms with Crippen LogP contribution in [-0.4, -0.2) is 31.3 Å². The van der Waals surface area contributed by atoms with Crippen LogP contribution in [0, 0.1) is 13.8 Å². The first-order chi connectivity index (χ1) is 10.1. The van der Waals surface area contributed by atoms with Crippen LogP contribution >= 0.6 is 22.9 Å². The minimum Gasteiger partial charge on any atom is -0.361 e. The largest absolute Gasteiger partial charge is 0.361 e. The SMILES string of the molecule is Cc1noc(C)c1C[NH+]1CC[NH+](Cc2ccc(Cl)s2)CC1. The molecule has 3 rings (SSSR count). The number of halogens is 1. The maximum Gasteiger partial charge on any atom is 0.142 e. The average molecular weight is 328 g/mol. The van der Waals surface area contributed by atoms with Crippen LogP contribution in [-0.2, 0) is 13.1 Å². The predicted molar refractivity (Wildman–Crippen MR) is 84.1 cm³/mol. The Hall–Kier alpha value is -0.880. The molecule has 0 aromatic carbocycles. The first kappa shape index (κ1) is 15.0. The zero-order valence-corrected chi connectivity index (χ0v) is 14.1. The summed E-state index contributed by atoms with van der Waals surface area (Å²) < 4.78 is 6.16. The molecule has 6 heteroatoms. The van der Waals surface area contributed by atoms with Gasteiger partial charge < -0.3 is 14.3 Å². The molecule has 0 spiro atoms. The molecule has 114 valence electrons.